The minimum atomic E-state index is -0.452. The molecule has 1 radical (unpaired) electrons. The molecule has 1 aromatic rings. The Kier molecular flexibility index (Phi) is 5.86. The topological polar surface area (TPSA) is 34.1 Å². The van der Waals surface area contributed by atoms with Crippen LogP contribution in [0.1, 0.15) is 53.2 Å². The average Bonchev–Trinajstić information content (AvgIpc) is 2.66. The van der Waals surface area contributed by atoms with Gasteiger partial charge in [-0.15, -0.1) is 0 Å². The van der Waals surface area contributed by atoms with E-state index in [0.717, 1.165) is 17.5 Å². The summed E-state index contributed by atoms with van der Waals surface area (Å²) in [5.41, 5.74) is 3.99. The molecule has 0 bridgehead atoms. The van der Waals surface area contributed by atoms with Gasteiger partial charge in [-0.25, -0.2) is 0 Å². The van der Waals surface area contributed by atoms with Crippen molar-refractivity contribution in [2.75, 3.05) is 0 Å². The van der Waals surface area contributed by atoms with Crippen LogP contribution in [0.2, 0.25) is 0 Å². The maximum Gasteiger partial charge on any atom is 0.167 e. The first-order valence-corrected chi connectivity index (χ1v) is 6.84. The van der Waals surface area contributed by atoms with E-state index in [1.54, 1.807) is 6.92 Å². The van der Waals surface area contributed by atoms with Gasteiger partial charge in [-0.3, -0.25) is 4.79 Å². The Bertz CT molecular complexity index is 548. The third-order valence-electron chi connectivity index (χ3n) is 4.54. The summed E-state index contributed by atoms with van der Waals surface area (Å²) in [7, 11) is 0. The molecule has 0 saturated heterocycles. The van der Waals surface area contributed by atoms with Crippen LogP contribution in [-0.4, -0.2) is 11.6 Å². The first-order chi connectivity index (χ1) is 8.91. The van der Waals surface area contributed by atoms with Crippen molar-refractivity contribution in [1.82, 2.24) is 0 Å². The zero-order chi connectivity index (χ0) is 14.2. The maximum atomic E-state index is 12.7. The van der Waals surface area contributed by atoms with Gasteiger partial charge in [0.2, 0.25) is 0 Å². The van der Waals surface area contributed by atoms with Crippen LogP contribution in [0, 0.1) is 26.2 Å². The molecular weight excluding hydrogens is 325 g/mol. The normalized spacial score (nSPS) is 20.5. The van der Waals surface area contributed by atoms with Gasteiger partial charge < -0.3 is 11.7 Å². The van der Waals surface area contributed by atoms with Crippen molar-refractivity contribution in [1.29, 1.82) is 0 Å². The molecule has 1 aromatic carbocycles. The summed E-state index contributed by atoms with van der Waals surface area (Å²) in [6.07, 6.45) is 2.39. The fourth-order valence-corrected chi connectivity index (χ4v) is 2.96. The van der Waals surface area contributed by atoms with Gasteiger partial charge in [-0.05, 0) is 50.3 Å². The standard InChI is InChI=1S/C17H21O2.Y/c1-5-17(9-8-12(3)18)10-15-13(4)11(2)6-7-14(15)16(17)19;/h6-7H,1,5,8-10H2,2-4H3;/q-1;. The molecule has 0 amide bonds. The molecule has 1 atom stereocenters. The summed E-state index contributed by atoms with van der Waals surface area (Å²) in [6.45, 7) is 9.70. The SMILES string of the molecule is [CH2-]CC1(CCC(C)=O)Cc2c(ccc(C)c2C)C1=O.[Y]. The quantitative estimate of drug-likeness (QED) is 0.781. The molecule has 1 aliphatic rings. The molecule has 0 fully saturated rings. The monoisotopic (exact) mass is 346 g/mol. The Morgan fingerprint density at radius 2 is 2.00 bits per heavy atom. The summed E-state index contributed by atoms with van der Waals surface area (Å²) >= 11 is 0. The second-order valence-corrected chi connectivity index (χ2v) is 5.77. The van der Waals surface area contributed by atoms with E-state index >= 15 is 0 Å². The molecule has 0 aliphatic heterocycles. The number of hydrogen-bond acceptors (Lipinski definition) is 2. The van der Waals surface area contributed by atoms with Crippen LogP contribution in [0.4, 0.5) is 0 Å². The Labute approximate surface area is 146 Å². The maximum absolute atomic E-state index is 12.7. The number of benzene rings is 1. The average molecular weight is 346 g/mol. The number of rotatable bonds is 4. The fraction of sp³-hybridized carbons (Fsp3) is 0.471. The van der Waals surface area contributed by atoms with Gasteiger partial charge in [0.1, 0.15) is 5.78 Å². The number of carbonyl (C=O) groups excluding carboxylic acids is 2. The van der Waals surface area contributed by atoms with Crippen molar-refractivity contribution < 1.29 is 42.3 Å². The second-order valence-electron chi connectivity index (χ2n) is 5.77. The molecule has 1 aliphatic carbocycles. The van der Waals surface area contributed by atoms with Crippen LogP contribution in [-0.2, 0) is 43.9 Å². The summed E-state index contributed by atoms with van der Waals surface area (Å²) in [4.78, 5) is 23.9. The summed E-state index contributed by atoms with van der Waals surface area (Å²) < 4.78 is 0. The third kappa shape index (κ3) is 2.97. The van der Waals surface area contributed by atoms with Gasteiger partial charge in [0.15, 0.2) is 5.78 Å². The first kappa shape index (κ1) is 17.7. The van der Waals surface area contributed by atoms with Crippen molar-refractivity contribution >= 4 is 11.6 Å². The minimum Gasteiger partial charge on any atom is -0.342 e. The summed E-state index contributed by atoms with van der Waals surface area (Å²) in [5.74, 6) is 0.325. The number of Topliss-reactive ketones (excluding diaryl/α,β-unsaturated/α-hetero) is 2. The van der Waals surface area contributed by atoms with Gasteiger partial charge in [0.25, 0.3) is 0 Å². The zero-order valence-electron chi connectivity index (χ0n) is 12.6. The van der Waals surface area contributed by atoms with E-state index in [1.165, 1.54) is 11.1 Å². The van der Waals surface area contributed by atoms with E-state index in [1.807, 2.05) is 12.1 Å². The van der Waals surface area contributed by atoms with Gasteiger partial charge in [-0.2, -0.15) is 6.42 Å². The van der Waals surface area contributed by atoms with Crippen molar-refractivity contribution in [2.24, 2.45) is 5.41 Å². The van der Waals surface area contributed by atoms with Gasteiger partial charge in [0, 0.05) is 50.1 Å². The second kappa shape index (κ2) is 6.62. The van der Waals surface area contributed by atoms with Crippen molar-refractivity contribution in [3.05, 3.63) is 41.3 Å². The third-order valence-corrected chi connectivity index (χ3v) is 4.54. The summed E-state index contributed by atoms with van der Waals surface area (Å²) in [6, 6.07) is 3.95. The Hall–Kier alpha value is -0.336. The Morgan fingerprint density at radius 1 is 1.35 bits per heavy atom. The molecule has 2 nitrogen and oxygen atoms in total. The van der Waals surface area contributed by atoms with Crippen LogP contribution < -0.4 is 0 Å². The van der Waals surface area contributed by atoms with E-state index < -0.39 is 5.41 Å². The fourth-order valence-electron chi connectivity index (χ4n) is 2.96. The van der Waals surface area contributed by atoms with Gasteiger partial charge in [-0.1, -0.05) is 12.1 Å². The van der Waals surface area contributed by atoms with E-state index in [9.17, 15) is 9.59 Å². The molecule has 0 aromatic heterocycles. The number of ketones is 2. The van der Waals surface area contributed by atoms with E-state index in [2.05, 4.69) is 20.8 Å². The minimum absolute atomic E-state index is 0. The first-order valence-electron chi connectivity index (χ1n) is 6.84. The zero-order valence-corrected chi connectivity index (χ0v) is 15.4. The molecule has 0 N–H and O–H groups in total. The molecule has 2 rings (SSSR count). The Morgan fingerprint density at radius 3 is 2.55 bits per heavy atom. The number of carbonyl (C=O) groups is 2. The molecule has 0 spiro atoms. The molecular formula is C17H21O2Y-. The van der Waals surface area contributed by atoms with Crippen LogP contribution in [0.15, 0.2) is 12.1 Å². The van der Waals surface area contributed by atoms with E-state index in [4.69, 9.17) is 0 Å². The van der Waals surface area contributed by atoms with Crippen LogP contribution in [0.25, 0.3) is 0 Å². The summed E-state index contributed by atoms with van der Waals surface area (Å²) in [5, 5.41) is 0. The number of aryl methyl sites for hydroxylation is 1. The predicted molar refractivity (Wildman–Crippen MR) is 76.3 cm³/mol. The van der Waals surface area contributed by atoms with Crippen molar-refractivity contribution in [2.45, 2.75) is 46.5 Å². The molecule has 1 unspecified atom stereocenters. The van der Waals surface area contributed by atoms with Crippen LogP contribution in [0.5, 0.6) is 0 Å². The van der Waals surface area contributed by atoms with E-state index in [0.29, 0.717) is 19.3 Å². The van der Waals surface area contributed by atoms with E-state index in [-0.39, 0.29) is 44.3 Å². The van der Waals surface area contributed by atoms with Crippen molar-refractivity contribution in [3.8, 4) is 0 Å². The predicted octanol–water partition coefficient (Wildman–Crippen LogP) is 3.62. The molecule has 0 saturated carbocycles. The smallest absolute Gasteiger partial charge is 0.167 e. The molecule has 0 heterocycles. The molecule has 20 heavy (non-hydrogen) atoms. The number of fused-ring (bicyclic) bond motifs is 1. The van der Waals surface area contributed by atoms with Crippen molar-refractivity contribution in [3.63, 3.8) is 0 Å². The van der Waals surface area contributed by atoms with Gasteiger partial charge >= 0.3 is 0 Å². The van der Waals surface area contributed by atoms with Crippen LogP contribution in [0.3, 0.4) is 0 Å². The largest absolute Gasteiger partial charge is 0.342 e. The van der Waals surface area contributed by atoms with Crippen LogP contribution >= 0.6 is 0 Å². The Balaban J connectivity index is 0.00000200. The number of hydrogen-bond donors (Lipinski definition) is 0. The molecule has 105 valence electrons. The molecule has 3 heteroatoms. The van der Waals surface area contributed by atoms with Gasteiger partial charge in [0.05, 0.1) is 0 Å².